The van der Waals surface area contributed by atoms with Gasteiger partial charge in [0.25, 0.3) is 0 Å². The zero-order chi connectivity index (χ0) is 19.2. The van der Waals surface area contributed by atoms with Crippen LogP contribution in [0.15, 0.2) is 78.9 Å². The van der Waals surface area contributed by atoms with E-state index in [2.05, 4.69) is 0 Å². The lowest BCUT2D eigenvalue weighted by molar-refractivity contribution is 0.0594. The van der Waals surface area contributed by atoms with E-state index < -0.39 is 11.9 Å². The summed E-state index contributed by atoms with van der Waals surface area (Å²) in [5.41, 5.74) is 2.79. The standard InChI is InChI=1S/C22H19NO4/c1-26-21(24)17-12-6-8-14-19(17)23(16-10-4-3-5-11-16)20-15-9-7-13-18(20)22(25)27-2/h3-15H,1-2H3. The molecular weight excluding hydrogens is 342 g/mol. The molecule has 0 spiro atoms. The third-order valence-electron chi connectivity index (χ3n) is 4.11. The van der Waals surface area contributed by atoms with Crippen LogP contribution in [0.25, 0.3) is 0 Å². The van der Waals surface area contributed by atoms with Crippen molar-refractivity contribution in [2.24, 2.45) is 0 Å². The number of carbonyl (C=O) groups excluding carboxylic acids is 2. The molecule has 0 N–H and O–H groups in total. The van der Waals surface area contributed by atoms with Crippen molar-refractivity contribution in [2.75, 3.05) is 19.1 Å². The number of rotatable bonds is 5. The van der Waals surface area contributed by atoms with Gasteiger partial charge in [0.05, 0.1) is 36.7 Å². The second kappa shape index (κ2) is 8.19. The molecule has 0 atom stereocenters. The summed E-state index contributed by atoms with van der Waals surface area (Å²) in [6.45, 7) is 0. The number of carbonyl (C=O) groups is 2. The molecule has 0 aromatic heterocycles. The monoisotopic (exact) mass is 361 g/mol. The summed E-state index contributed by atoms with van der Waals surface area (Å²) in [4.78, 5) is 26.5. The Labute approximate surface area is 157 Å². The molecule has 0 radical (unpaired) electrons. The van der Waals surface area contributed by atoms with Crippen LogP contribution in [0.2, 0.25) is 0 Å². The summed E-state index contributed by atoms with van der Waals surface area (Å²) in [7, 11) is 2.68. The average molecular weight is 361 g/mol. The van der Waals surface area contributed by atoms with Crippen LogP contribution >= 0.6 is 0 Å². The molecule has 3 aromatic carbocycles. The van der Waals surface area contributed by atoms with Crippen molar-refractivity contribution in [3.8, 4) is 0 Å². The Kier molecular flexibility index (Phi) is 5.52. The van der Waals surface area contributed by atoms with Crippen LogP contribution in [0.5, 0.6) is 0 Å². The minimum absolute atomic E-state index is 0.392. The third kappa shape index (κ3) is 3.67. The fraction of sp³-hybridized carbons (Fsp3) is 0.0909. The summed E-state index contributed by atoms with van der Waals surface area (Å²) in [5, 5.41) is 0. The largest absolute Gasteiger partial charge is 0.465 e. The van der Waals surface area contributed by atoms with Gasteiger partial charge in [-0.1, -0.05) is 42.5 Å². The van der Waals surface area contributed by atoms with E-state index in [1.54, 1.807) is 24.3 Å². The van der Waals surface area contributed by atoms with E-state index in [-0.39, 0.29) is 0 Å². The van der Waals surface area contributed by atoms with Crippen molar-refractivity contribution in [1.29, 1.82) is 0 Å². The SMILES string of the molecule is COC(=O)c1ccccc1N(c1ccccc1)c1ccccc1C(=O)OC. The highest BCUT2D eigenvalue weighted by Gasteiger charge is 2.23. The number of methoxy groups -OCH3 is 2. The molecule has 0 amide bonds. The molecule has 0 aliphatic carbocycles. The van der Waals surface area contributed by atoms with Gasteiger partial charge in [-0.25, -0.2) is 9.59 Å². The molecule has 5 heteroatoms. The normalized spacial score (nSPS) is 10.1. The lowest BCUT2D eigenvalue weighted by atomic mass is 10.1. The summed E-state index contributed by atoms with van der Waals surface area (Å²) in [6.07, 6.45) is 0. The zero-order valence-corrected chi connectivity index (χ0v) is 15.1. The van der Waals surface area contributed by atoms with Gasteiger partial charge in [-0.3, -0.25) is 0 Å². The number of anilines is 3. The zero-order valence-electron chi connectivity index (χ0n) is 15.1. The van der Waals surface area contributed by atoms with Gasteiger partial charge in [-0.2, -0.15) is 0 Å². The van der Waals surface area contributed by atoms with Crippen LogP contribution in [0.1, 0.15) is 20.7 Å². The smallest absolute Gasteiger partial charge is 0.339 e. The van der Waals surface area contributed by atoms with Crippen molar-refractivity contribution >= 4 is 29.0 Å². The van der Waals surface area contributed by atoms with E-state index in [4.69, 9.17) is 9.47 Å². The highest BCUT2D eigenvalue weighted by Crippen LogP contribution is 2.38. The minimum atomic E-state index is -0.456. The van der Waals surface area contributed by atoms with Gasteiger partial charge in [0.2, 0.25) is 0 Å². The Morgan fingerprint density at radius 1 is 0.630 bits per heavy atom. The highest BCUT2D eigenvalue weighted by molar-refractivity contribution is 6.02. The molecule has 5 nitrogen and oxygen atoms in total. The Bertz CT molecular complexity index is 894. The van der Waals surface area contributed by atoms with Gasteiger partial charge in [-0.15, -0.1) is 0 Å². The average Bonchev–Trinajstić information content (AvgIpc) is 2.74. The maximum atomic E-state index is 12.3. The number of esters is 2. The first-order valence-electron chi connectivity index (χ1n) is 8.37. The molecule has 0 unspecified atom stereocenters. The minimum Gasteiger partial charge on any atom is -0.465 e. The van der Waals surface area contributed by atoms with Crippen molar-refractivity contribution < 1.29 is 19.1 Å². The van der Waals surface area contributed by atoms with Gasteiger partial charge in [0.15, 0.2) is 0 Å². The molecule has 0 saturated heterocycles. The lowest BCUT2D eigenvalue weighted by Gasteiger charge is -2.28. The molecule has 0 saturated carbocycles. The molecule has 0 bridgehead atoms. The van der Waals surface area contributed by atoms with Crippen molar-refractivity contribution in [3.05, 3.63) is 90.0 Å². The maximum Gasteiger partial charge on any atom is 0.339 e. The van der Waals surface area contributed by atoms with Crippen LogP contribution in [-0.4, -0.2) is 26.2 Å². The van der Waals surface area contributed by atoms with Crippen molar-refractivity contribution in [1.82, 2.24) is 0 Å². The Morgan fingerprint density at radius 3 is 1.48 bits per heavy atom. The van der Waals surface area contributed by atoms with E-state index in [0.29, 0.717) is 22.5 Å². The molecule has 0 aliphatic heterocycles. The molecular formula is C22H19NO4. The molecule has 0 heterocycles. The van der Waals surface area contributed by atoms with Crippen molar-refractivity contribution in [3.63, 3.8) is 0 Å². The van der Waals surface area contributed by atoms with Gasteiger partial charge in [0.1, 0.15) is 0 Å². The number of nitrogens with zero attached hydrogens (tertiary/aromatic N) is 1. The Balaban J connectivity index is 2.28. The molecule has 3 aromatic rings. The molecule has 0 fully saturated rings. The molecule has 27 heavy (non-hydrogen) atoms. The summed E-state index contributed by atoms with van der Waals surface area (Å²) in [5.74, 6) is -0.913. The van der Waals surface area contributed by atoms with E-state index in [0.717, 1.165) is 5.69 Å². The predicted molar refractivity (Wildman–Crippen MR) is 104 cm³/mol. The highest BCUT2D eigenvalue weighted by atomic mass is 16.5. The van der Waals surface area contributed by atoms with Crippen LogP contribution in [0, 0.1) is 0 Å². The van der Waals surface area contributed by atoms with E-state index in [1.807, 2.05) is 59.5 Å². The number of hydrogen-bond acceptors (Lipinski definition) is 5. The topological polar surface area (TPSA) is 55.8 Å². The van der Waals surface area contributed by atoms with Crippen LogP contribution in [-0.2, 0) is 9.47 Å². The van der Waals surface area contributed by atoms with Crippen LogP contribution < -0.4 is 4.90 Å². The van der Waals surface area contributed by atoms with E-state index in [1.165, 1.54) is 14.2 Å². The van der Waals surface area contributed by atoms with Crippen molar-refractivity contribution in [2.45, 2.75) is 0 Å². The first-order valence-corrected chi connectivity index (χ1v) is 8.37. The van der Waals surface area contributed by atoms with Gasteiger partial charge >= 0.3 is 11.9 Å². The molecule has 3 rings (SSSR count). The second-order valence-electron chi connectivity index (χ2n) is 5.69. The number of ether oxygens (including phenoxy) is 2. The summed E-state index contributed by atoms with van der Waals surface area (Å²) < 4.78 is 9.88. The second-order valence-corrected chi connectivity index (χ2v) is 5.69. The van der Waals surface area contributed by atoms with Gasteiger partial charge in [0, 0.05) is 5.69 Å². The predicted octanol–water partition coefficient (Wildman–Crippen LogP) is 4.73. The quantitative estimate of drug-likeness (QED) is 0.615. The molecule has 136 valence electrons. The first-order chi connectivity index (χ1) is 13.2. The Hall–Kier alpha value is -3.60. The van der Waals surface area contributed by atoms with Gasteiger partial charge in [-0.05, 0) is 36.4 Å². The fourth-order valence-corrected chi connectivity index (χ4v) is 2.89. The lowest BCUT2D eigenvalue weighted by Crippen LogP contribution is -2.18. The van der Waals surface area contributed by atoms with Crippen LogP contribution in [0.3, 0.4) is 0 Å². The number of para-hydroxylation sites is 3. The fourth-order valence-electron chi connectivity index (χ4n) is 2.89. The van der Waals surface area contributed by atoms with E-state index >= 15 is 0 Å². The van der Waals surface area contributed by atoms with E-state index in [9.17, 15) is 9.59 Å². The van der Waals surface area contributed by atoms with Gasteiger partial charge < -0.3 is 14.4 Å². The summed E-state index contributed by atoms with van der Waals surface area (Å²) >= 11 is 0. The number of hydrogen-bond donors (Lipinski definition) is 0. The third-order valence-corrected chi connectivity index (χ3v) is 4.11. The molecule has 0 aliphatic rings. The maximum absolute atomic E-state index is 12.3. The van der Waals surface area contributed by atoms with Crippen LogP contribution in [0.4, 0.5) is 17.1 Å². The first kappa shape index (κ1) is 18.2. The Morgan fingerprint density at radius 2 is 1.04 bits per heavy atom. The summed E-state index contributed by atoms with van der Waals surface area (Å²) in [6, 6.07) is 23.7. The number of benzene rings is 3.